The maximum atomic E-state index is 12.5. The molecular weight excluding hydrogens is 427 g/mol. The highest BCUT2D eigenvalue weighted by atomic mass is 35.5. The van der Waals surface area contributed by atoms with E-state index in [0.717, 1.165) is 35.5 Å². The first-order valence-corrected chi connectivity index (χ1v) is 11.0. The van der Waals surface area contributed by atoms with Crippen LogP contribution in [0.1, 0.15) is 47.0 Å². The summed E-state index contributed by atoms with van der Waals surface area (Å²) in [7, 11) is 0. The van der Waals surface area contributed by atoms with Gasteiger partial charge in [-0.2, -0.15) is 0 Å². The number of carbonyl (C=O) groups is 1. The highest BCUT2D eigenvalue weighted by molar-refractivity contribution is 7.15. The molecule has 1 heterocycles. The van der Waals surface area contributed by atoms with Crippen molar-refractivity contribution in [3.8, 4) is 5.75 Å². The van der Waals surface area contributed by atoms with Crippen LogP contribution in [0.15, 0.2) is 48.7 Å². The van der Waals surface area contributed by atoms with Gasteiger partial charge in [-0.25, -0.2) is 4.98 Å². The number of amides is 1. The fourth-order valence-corrected chi connectivity index (χ4v) is 4.02. The fraction of sp³-hybridized carbons (Fsp3) is 0.273. The van der Waals surface area contributed by atoms with Crippen molar-refractivity contribution in [3.05, 3.63) is 74.7 Å². The minimum Gasteiger partial charge on any atom is -0.494 e. The van der Waals surface area contributed by atoms with Crippen LogP contribution >= 0.6 is 34.5 Å². The van der Waals surface area contributed by atoms with Gasteiger partial charge in [0.25, 0.3) is 5.91 Å². The van der Waals surface area contributed by atoms with Gasteiger partial charge in [0.05, 0.1) is 6.61 Å². The van der Waals surface area contributed by atoms with Gasteiger partial charge in [-0.3, -0.25) is 10.1 Å². The lowest BCUT2D eigenvalue weighted by molar-refractivity contribution is 0.102. The van der Waals surface area contributed by atoms with Crippen molar-refractivity contribution in [1.82, 2.24) is 4.98 Å². The molecular formula is C22H22Cl2N2O2S. The third-order valence-electron chi connectivity index (χ3n) is 4.29. The molecule has 152 valence electrons. The summed E-state index contributed by atoms with van der Waals surface area (Å²) in [5.41, 5.74) is 1.52. The number of thiazole rings is 1. The number of hydrogen-bond acceptors (Lipinski definition) is 4. The second kappa shape index (κ2) is 10.6. The van der Waals surface area contributed by atoms with Crippen LogP contribution in [0.5, 0.6) is 5.75 Å². The van der Waals surface area contributed by atoms with Crippen LogP contribution in [0.3, 0.4) is 0 Å². The molecule has 7 heteroatoms. The number of carbonyl (C=O) groups excluding carboxylic acids is 1. The van der Waals surface area contributed by atoms with Crippen molar-refractivity contribution in [2.75, 3.05) is 11.9 Å². The molecule has 0 fully saturated rings. The molecule has 3 rings (SSSR count). The van der Waals surface area contributed by atoms with Gasteiger partial charge in [0.1, 0.15) is 5.75 Å². The van der Waals surface area contributed by atoms with E-state index in [1.807, 2.05) is 24.3 Å². The zero-order valence-electron chi connectivity index (χ0n) is 16.1. The molecule has 29 heavy (non-hydrogen) atoms. The number of ether oxygens (including phenoxy) is 1. The number of unbranched alkanes of at least 4 members (excludes halogenated alkanes) is 2. The Labute approximate surface area is 184 Å². The largest absolute Gasteiger partial charge is 0.494 e. The van der Waals surface area contributed by atoms with E-state index in [0.29, 0.717) is 33.8 Å². The van der Waals surface area contributed by atoms with E-state index < -0.39 is 0 Å². The predicted molar refractivity (Wildman–Crippen MR) is 121 cm³/mol. The Morgan fingerprint density at radius 3 is 2.66 bits per heavy atom. The minimum absolute atomic E-state index is 0.201. The standard InChI is InChI=1S/C22H22Cl2N2O2S/c1-2-3-4-11-28-18-9-6-15(7-10-18)21(27)26-22-25-14-19(29-22)12-16-5-8-17(23)13-20(16)24/h5-10,13-14H,2-4,11-12H2,1H3,(H,25,26,27). The molecule has 0 spiro atoms. The highest BCUT2D eigenvalue weighted by Crippen LogP contribution is 2.27. The van der Waals surface area contributed by atoms with Crippen LogP contribution in [0, 0.1) is 0 Å². The van der Waals surface area contributed by atoms with Crippen molar-refractivity contribution in [2.45, 2.75) is 32.6 Å². The summed E-state index contributed by atoms with van der Waals surface area (Å²) in [5, 5.41) is 4.62. The third kappa shape index (κ3) is 6.46. The fourth-order valence-electron chi connectivity index (χ4n) is 2.71. The summed E-state index contributed by atoms with van der Waals surface area (Å²) in [6.07, 6.45) is 5.73. The lowest BCUT2D eigenvalue weighted by Crippen LogP contribution is -2.11. The average Bonchev–Trinajstić information content (AvgIpc) is 3.15. The van der Waals surface area contributed by atoms with Crippen LogP contribution in [-0.4, -0.2) is 17.5 Å². The molecule has 0 atom stereocenters. The van der Waals surface area contributed by atoms with Crippen LogP contribution in [0.4, 0.5) is 5.13 Å². The first kappa shape index (κ1) is 21.6. The Morgan fingerprint density at radius 2 is 1.93 bits per heavy atom. The molecule has 0 saturated carbocycles. The highest BCUT2D eigenvalue weighted by Gasteiger charge is 2.11. The summed E-state index contributed by atoms with van der Waals surface area (Å²) >= 11 is 13.6. The minimum atomic E-state index is -0.201. The summed E-state index contributed by atoms with van der Waals surface area (Å²) in [5.74, 6) is 0.571. The predicted octanol–water partition coefficient (Wildman–Crippen LogP) is 6.86. The smallest absolute Gasteiger partial charge is 0.257 e. The number of aromatic nitrogens is 1. The Kier molecular flexibility index (Phi) is 7.92. The van der Waals surface area contributed by atoms with E-state index in [9.17, 15) is 4.79 Å². The van der Waals surface area contributed by atoms with E-state index >= 15 is 0 Å². The number of rotatable bonds is 9. The molecule has 4 nitrogen and oxygen atoms in total. The van der Waals surface area contributed by atoms with Crippen molar-refractivity contribution < 1.29 is 9.53 Å². The van der Waals surface area contributed by atoms with E-state index in [1.54, 1.807) is 24.4 Å². The first-order chi connectivity index (χ1) is 14.0. The van der Waals surface area contributed by atoms with Crippen LogP contribution < -0.4 is 10.1 Å². The SMILES string of the molecule is CCCCCOc1ccc(C(=O)Nc2ncc(Cc3ccc(Cl)cc3Cl)s2)cc1. The molecule has 1 aromatic heterocycles. The number of nitrogens with zero attached hydrogens (tertiary/aromatic N) is 1. The van der Waals surface area contributed by atoms with Gasteiger partial charge in [0.15, 0.2) is 5.13 Å². The maximum absolute atomic E-state index is 12.5. The van der Waals surface area contributed by atoms with Crippen LogP contribution in [-0.2, 0) is 6.42 Å². The van der Waals surface area contributed by atoms with Gasteiger partial charge < -0.3 is 4.74 Å². The molecule has 3 aromatic rings. The van der Waals surface area contributed by atoms with Gasteiger partial charge >= 0.3 is 0 Å². The molecule has 0 bridgehead atoms. The maximum Gasteiger partial charge on any atom is 0.257 e. The number of nitrogens with one attached hydrogen (secondary N) is 1. The normalized spacial score (nSPS) is 10.7. The van der Waals surface area contributed by atoms with Gasteiger partial charge in [-0.05, 0) is 48.4 Å². The Morgan fingerprint density at radius 1 is 1.14 bits per heavy atom. The Balaban J connectivity index is 1.55. The van der Waals surface area contributed by atoms with Crippen molar-refractivity contribution in [3.63, 3.8) is 0 Å². The van der Waals surface area contributed by atoms with E-state index in [1.165, 1.54) is 11.3 Å². The van der Waals surface area contributed by atoms with Crippen molar-refractivity contribution in [2.24, 2.45) is 0 Å². The monoisotopic (exact) mass is 448 g/mol. The summed E-state index contributed by atoms with van der Waals surface area (Å²) < 4.78 is 5.68. The van der Waals surface area contributed by atoms with Gasteiger partial charge in [-0.15, -0.1) is 11.3 Å². The lowest BCUT2D eigenvalue weighted by atomic mass is 10.1. The van der Waals surface area contributed by atoms with Crippen LogP contribution in [0.25, 0.3) is 0 Å². The number of hydrogen-bond donors (Lipinski definition) is 1. The number of benzene rings is 2. The Hall–Kier alpha value is -2.08. The number of halogens is 2. The van der Waals surface area contributed by atoms with Crippen LogP contribution in [0.2, 0.25) is 10.0 Å². The molecule has 0 saturated heterocycles. The van der Waals surface area contributed by atoms with E-state index in [-0.39, 0.29) is 5.91 Å². The molecule has 0 unspecified atom stereocenters. The molecule has 1 N–H and O–H groups in total. The zero-order valence-corrected chi connectivity index (χ0v) is 18.4. The van der Waals surface area contributed by atoms with Gasteiger partial charge in [0.2, 0.25) is 0 Å². The first-order valence-electron chi connectivity index (χ1n) is 9.48. The third-order valence-corrected chi connectivity index (χ3v) is 5.79. The van der Waals surface area contributed by atoms with Crippen molar-refractivity contribution in [1.29, 1.82) is 0 Å². The van der Waals surface area contributed by atoms with Gasteiger partial charge in [0, 0.05) is 33.1 Å². The average molecular weight is 449 g/mol. The quantitative estimate of drug-likeness (QED) is 0.363. The molecule has 0 aliphatic heterocycles. The zero-order chi connectivity index (χ0) is 20.6. The summed E-state index contributed by atoms with van der Waals surface area (Å²) in [6.45, 7) is 2.85. The summed E-state index contributed by atoms with van der Waals surface area (Å²) in [6, 6.07) is 12.6. The molecule has 1 amide bonds. The second-order valence-corrected chi connectivity index (χ2v) is 8.54. The molecule has 0 radical (unpaired) electrons. The topological polar surface area (TPSA) is 51.2 Å². The molecule has 0 aliphatic rings. The van der Waals surface area contributed by atoms with E-state index in [4.69, 9.17) is 27.9 Å². The van der Waals surface area contributed by atoms with E-state index in [2.05, 4.69) is 17.2 Å². The van der Waals surface area contributed by atoms with Gasteiger partial charge in [-0.1, -0.05) is 49.0 Å². The Bertz CT molecular complexity index is 958. The summed E-state index contributed by atoms with van der Waals surface area (Å²) in [4.78, 5) is 17.8. The molecule has 2 aromatic carbocycles. The lowest BCUT2D eigenvalue weighted by Gasteiger charge is -2.07. The second-order valence-electron chi connectivity index (χ2n) is 6.58. The van der Waals surface area contributed by atoms with Crippen molar-refractivity contribution >= 4 is 45.6 Å². The molecule has 0 aliphatic carbocycles. The number of anilines is 1.